The molecule has 0 bridgehead atoms. The van der Waals surface area contributed by atoms with Gasteiger partial charge in [0.25, 0.3) is 0 Å². The van der Waals surface area contributed by atoms with E-state index in [4.69, 9.17) is 4.52 Å². The van der Waals surface area contributed by atoms with Gasteiger partial charge in [0.15, 0.2) is 5.76 Å². The summed E-state index contributed by atoms with van der Waals surface area (Å²) in [7, 11) is 0. The standard InChI is InChI=1S/C22H18FN3O2/c23-18-7-3-16(4-8-18)20(26-13-1-2-14-26)15-22(27)25-19-9-5-17(6-10-19)21-11-12-24-28-21/h1-14,20H,15H2,(H,25,27). The molecule has 0 spiro atoms. The van der Waals surface area contributed by atoms with Crippen LogP contribution in [-0.2, 0) is 4.79 Å². The quantitative estimate of drug-likeness (QED) is 0.521. The molecule has 4 aromatic rings. The third-order valence-electron chi connectivity index (χ3n) is 4.51. The molecular formula is C22H18FN3O2. The fraction of sp³-hybridized carbons (Fsp3) is 0.0909. The molecule has 140 valence electrons. The molecule has 1 unspecified atom stereocenters. The first kappa shape index (κ1) is 17.7. The van der Waals surface area contributed by atoms with Crippen LogP contribution in [0.1, 0.15) is 18.0 Å². The molecule has 28 heavy (non-hydrogen) atoms. The van der Waals surface area contributed by atoms with E-state index in [-0.39, 0.29) is 24.2 Å². The number of aromatic nitrogens is 2. The molecule has 4 rings (SSSR count). The Labute approximate surface area is 161 Å². The van der Waals surface area contributed by atoms with Crippen LogP contribution in [0, 0.1) is 5.82 Å². The van der Waals surface area contributed by atoms with E-state index in [9.17, 15) is 9.18 Å². The number of nitrogens with one attached hydrogen (secondary N) is 1. The van der Waals surface area contributed by atoms with E-state index >= 15 is 0 Å². The fourth-order valence-corrected chi connectivity index (χ4v) is 3.11. The summed E-state index contributed by atoms with van der Waals surface area (Å²) < 4.78 is 20.3. The van der Waals surface area contributed by atoms with Crippen molar-refractivity contribution in [2.24, 2.45) is 0 Å². The zero-order chi connectivity index (χ0) is 19.3. The van der Waals surface area contributed by atoms with Gasteiger partial charge >= 0.3 is 0 Å². The predicted molar refractivity (Wildman–Crippen MR) is 104 cm³/mol. The summed E-state index contributed by atoms with van der Waals surface area (Å²) in [5.41, 5.74) is 2.44. The van der Waals surface area contributed by atoms with E-state index in [0.29, 0.717) is 11.4 Å². The van der Waals surface area contributed by atoms with Crippen molar-refractivity contribution in [2.45, 2.75) is 12.5 Å². The number of amides is 1. The summed E-state index contributed by atoms with van der Waals surface area (Å²) in [6, 6.07) is 18.9. The molecule has 0 fully saturated rings. The molecule has 2 aromatic heterocycles. The second kappa shape index (κ2) is 7.92. The average molecular weight is 375 g/mol. The van der Waals surface area contributed by atoms with Crippen molar-refractivity contribution < 1.29 is 13.7 Å². The number of nitrogens with zero attached hydrogens (tertiary/aromatic N) is 2. The van der Waals surface area contributed by atoms with E-state index < -0.39 is 0 Å². The predicted octanol–water partition coefficient (Wildman–Crippen LogP) is 4.90. The van der Waals surface area contributed by atoms with E-state index in [1.807, 2.05) is 53.4 Å². The lowest BCUT2D eigenvalue weighted by Crippen LogP contribution is -2.19. The van der Waals surface area contributed by atoms with Crippen LogP contribution in [-0.4, -0.2) is 15.6 Å². The topological polar surface area (TPSA) is 60.1 Å². The van der Waals surface area contributed by atoms with Gasteiger partial charge in [-0.25, -0.2) is 4.39 Å². The maximum Gasteiger partial charge on any atom is 0.226 e. The minimum absolute atomic E-state index is 0.129. The number of halogens is 1. The molecular weight excluding hydrogens is 357 g/mol. The summed E-state index contributed by atoms with van der Waals surface area (Å²) in [6.07, 6.45) is 5.60. The van der Waals surface area contributed by atoms with Crippen LogP contribution in [0.5, 0.6) is 0 Å². The SMILES string of the molecule is O=C(CC(c1ccc(F)cc1)n1cccc1)Nc1ccc(-c2ccno2)cc1. The van der Waals surface area contributed by atoms with Crippen LogP contribution >= 0.6 is 0 Å². The molecule has 0 aliphatic heterocycles. The molecule has 1 amide bonds. The lowest BCUT2D eigenvalue weighted by molar-refractivity contribution is -0.116. The Balaban J connectivity index is 1.48. The molecule has 2 aromatic carbocycles. The number of hydrogen-bond acceptors (Lipinski definition) is 3. The van der Waals surface area contributed by atoms with Gasteiger partial charge in [0.05, 0.1) is 18.7 Å². The van der Waals surface area contributed by atoms with Crippen molar-refractivity contribution in [3.8, 4) is 11.3 Å². The Morgan fingerprint density at radius 1 is 1.04 bits per heavy atom. The third-order valence-corrected chi connectivity index (χ3v) is 4.51. The molecule has 0 saturated carbocycles. The van der Waals surface area contributed by atoms with Crippen molar-refractivity contribution in [2.75, 3.05) is 5.32 Å². The molecule has 6 heteroatoms. The van der Waals surface area contributed by atoms with E-state index in [0.717, 1.165) is 11.1 Å². The van der Waals surface area contributed by atoms with Crippen molar-refractivity contribution >= 4 is 11.6 Å². The third kappa shape index (κ3) is 4.01. The minimum atomic E-state index is -0.300. The summed E-state index contributed by atoms with van der Waals surface area (Å²) >= 11 is 0. The summed E-state index contributed by atoms with van der Waals surface area (Å²) in [5.74, 6) is 0.239. The van der Waals surface area contributed by atoms with Gasteiger partial charge in [-0.05, 0) is 54.1 Å². The van der Waals surface area contributed by atoms with Gasteiger partial charge in [-0.1, -0.05) is 17.3 Å². The Morgan fingerprint density at radius 2 is 1.75 bits per heavy atom. The van der Waals surface area contributed by atoms with Crippen molar-refractivity contribution in [1.82, 2.24) is 9.72 Å². The maximum atomic E-state index is 13.3. The van der Waals surface area contributed by atoms with Crippen molar-refractivity contribution in [3.63, 3.8) is 0 Å². The molecule has 0 aliphatic rings. The Kier molecular flexibility index (Phi) is 5.01. The highest BCUT2D eigenvalue weighted by atomic mass is 19.1. The number of carbonyl (C=O) groups is 1. The molecule has 1 N–H and O–H groups in total. The zero-order valence-corrected chi connectivity index (χ0v) is 15.0. The van der Waals surface area contributed by atoms with E-state index in [2.05, 4.69) is 10.5 Å². The highest BCUT2D eigenvalue weighted by Gasteiger charge is 2.17. The molecule has 2 heterocycles. The van der Waals surface area contributed by atoms with E-state index in [1.165, 1.54) is 12.1 Å². The van der Waals surface area contributed by atoms with Crippen LogP contribution < -0.4 is 5.32 Å². The first-order chi connectivity index (χ1) is 13.7. The van der Waals surface area contributed by atoms with Gasteiger partial charge in [0, 0.05) is 29.7 Å². The maximum absolute atomic E-state index is 13.3. The molecule has 5 nitrogen and oxygen atoms in total. The second-order valence-electron chi connectivity index (χ2n) is 6.40. The van der Waals surface area contributed by atoms with Crippen LogP contribution in [0.3, 0.4) is 0 Å². The molecule has 0 saturated heterocycles. The van der Waals surface area contributed by atoms with Crippen molar-refractivity contribution in [1.29, 1.82) is 0 Å². The van der Waals surface area contributed by atoms with Gasteiger partial charge in [-0.15, -0.1) is 0 Å². The Hall–Kier alpha value is -3.67. The first-order valence-electron chi connectivity index (χ1n) is 8.88. The number of anilines is 1. The van der Waals surface area contributed by atoms with Gasteiger partial charge in [0.1, 0.15) is 5.82 Å². The molecule has 1 atom stereocenters. The Morgan fingerprint density at radius 3 is 2.39 bits per heavy atom. The smallest absolute Gasteiger partial charge is 0.226 e. The highest BCUT2D eigenvalue weighted by Crippen LogP contribution is 2.24. The lowest BCUT2D eigenvalue weighted by Gasteiger charge is -2.19. The summed E-state index contributed by atoms with van der Waals surface area (Å²) in [6.45, 7) is 0. The number of rotatable bonds is 6. The first-order valence-corrected chi connectivity index (χ1v) is 8.88. The number of hydrogen-bond donors (Lipinski definition) is 1. The average Bonchev–Trinajstić information content (AvgIpc) is 3.42. The summed E-state index contributed by atoms with van der Waals surface area (Å²) in [5, 5.41) is 6.61. The zero-order valence-electron chi connectivity index (χ0n) is 15.0. The van der Waals surface area contributed by atoms with Gasteiger partial charge in [-0.3, -0.25) is 4.79 Å². The normalized spacial score (nSPS) is 11.9. The number of benzene rings is 2. The van der Waals surface area contributed by atoms with Crippen LogP contribution in [0.15, 0.2) is 89.8 Å². The van der Waals surface area contributed by atoms with Crippen LogP contribution in [0.4, 0.5) is 10.1 Å². The highest BCUT2D eigenvalue weighted by molar-refractivity contribution is 5.91. The van der Waals surface area contributed by atoms with Gasteiger partial charge in [0.2, 0.25) is 5.91 Å². The van der Waals surface area contributed by atoms with Crippen molar-refractivity contribution in [3.05, 3.63) is 96.7 Å². The summed E-state index contributed by atoms with van der Waals surface area (Å²) in [4.78, 5) is 12.6. The fourth-order valence-electron chi connectivity index (χ4n) is 3.11. The lowest BCUT2D eigenvalue weighted by atomic mass is 10.0. The number of carbonyl (C=O) groups excluding carboxylic acids is 1. The Bertz CT molecular complexity index is 1020. The second-order valence-corrected chi connectivity index (χ2v) is 6.40. The monoisotopic (exact) mass is 375 g/mol. The molecule has 0 radical (unpaired) electrons. The van der Waals surface area contributed by atoms with Gasteiger partial charge < -0.3 is 14.4 Å². The minimum Gasteiger partial charge on any atom is -0.356 e. The van der Waals surface area contributed by atoms with Crippen LogP contribution in [0.2, 0.25) is 0 Å². The van der Waals surface area contributed by atoms with E-state index in [1.54, 1.807) is 24.4 Å². The largest absolute Gasteiger partial charge is 0.356 e. The molecule has 0 aliphatic carbocycles. The van der Waals surface area contributed by atoms with Crippen LogP contribution in [0.25, 0.3) is 11.3 Å². The van der Waals surface area contributed by atoms with Gasteiger partial charge in [-0.2, -0.15) is 0 Å².